The monoisotopic (exact) mass is 396 g/mol. The van der Waals surface area contributed by atoms with Crippen LogP contribution in [0.3, 0.4) is 0 Å². The van der Waals surface area contributed by atoms with Gasteiger partial charge in [0.2, 0.25) is 5.91 Å². The summed E-state index contributed by atoms with van der Waals surface area (Å²) < 4.78 is 43.7. The minimum absolute atomic E-state index is 0.164. The summed E-state index contributed by atoms with van der Waals surface area (Å²) >= 11 is 0. The standard InChI is InChI=1S/C19H19F3N2O4/c1-12-3-5-13(6-4-12)15(9-18(27)28-2)23-16(25)11-24-10-14(19(20,21)22)7-8-17(24)26/h3-8,10,15H,9,11H2,1-2H3,(H,23,25)/t15-/m0/s1. The van der Waals surface area contributed by atoms with E-state index in [-0.39, 0.29) is 6.42 Å². The fraction of sp³-hybridized carbons (Fsp3) is 0.316. The zero-order valence-electron chi connectivity index (χ0n) is 15.2. The number of carbonyl (C=O) groups excluding carboxylic acids is 2. The Morgan fingerprint density at radius 3 is 2.36 bits per heavy atom. The Morgan fingerprint density at radius 1 is 1.14 bits per heavy atom. The number of nitrogens with zero attached hydrogens (tertiary/aromatic N) is 1. The topological polar surface area (TPSA) is 77.4 Å². The van der Waals surface area contributed by atoms with Crippen LogP contribution < -0.4 is 10.9 Å². The van der Waals surface area contributed by atoms with Crippen LogP contribution >= 0.6 is 0 Å². The van der Waals surface area contributed by atoms with Crippen molar-refractivity contribution < 1.29 is 27.5 Å². The van der Waals surface area contributed by atoms with Crippen LogP contribution in [0.25, 0.3) is 0 Å². The largest absolute Gasteiger partial charge is 0.469 e. The second-order valence-electron chi connectivity index (χ2n) is 6.19. The second-order valence-corrected chi connectivity index (χ2v) is 6.19. The molecule has 1 amide bonds. The molecule has 1 atom stereocenters. The lowest BCUT2D eigenvalue weighted by molar-refractivity contribution is -0.141. The first-order chi connectivity index (χ1) is 13.1. The van der Waals surface area contributed by atoms with Crippen molar-refractivity contribution in [3.63, 3.8) is 0 Å². The molecule has 0 aliphatic carbocycles. The average molecular weight is 396 g/mol. The zero-order chi connectivity index (χ0) is 20.9. The van der Waals surface area contributed by atoms with Gasteiger partial charge in [0, 0.05) is 12.3 Å². The molecule has 2 rings (SSSR count). The minimum Gasteiger partial charge on any atom is -0.469 e. The molecule has 0 bridgehead atoms. The molecule has 0 unspecified atom stereocenters. The zero-order valence-corrected chi connectivity index (χ0v) is 15.2. The molecule has 0 spiro atoms. The first kappa shape index (κ1) is 21.2. The van der Waals surface area contributed by atoms with E-state index in [9.17, 15) is 27.6 Å². The molecule has 0 saturated carbocycles. The molecule has 0 aliphatic heterocycles. The van der Waals surface area contributed by atoms with Crippen LogP contribution in [-0.4, -0.2) is 23.6 Å². The van der Waals surface area contributed by atoms with Crippen LogP contribution in [0.4, 0.5) is 13.2 Å². The molecule has 9 heteroatoms. The number of esters is 1. The molecule has 150 valence electrons. The molecule has 0 radical (unpaired) electrons. The van der Waals surface area contributed by atoms with Crippen LogP contribution in [0, 0.1) is 6.92 Å². The third-order valence-electron chi connectivity index (χ3n) is 4.04. The third-order valence-corrected chi connectivity index (χ3v) is 4.04. The van der Waals surface area contributed by atoms with E-state index >= 15 is 0 Å². The normalized spacial score (nSPS) is 12.3. The Hall–Kier alpha value is -3.10. The van der Waals surface area contributed by atoms with Gasteiger partial charge in [0.1, 0.15) is 6.54 Å². The maximum absolute atomic E-state index is 12.8. The molecular formula is C19H19F3N2O4. The van der Waals surface area contributed by atoms with Gasteiger partial charge in [-0.1, -0.05) is 29.8 Å². The van der Waals surface area contributed by atoms with E-state index in [0.717, 1.165) is 11.6 Å². The first-order valence-corrected chi connectivity index (χ1v) is 8.30. The van der Waals surface area contributed by atoms with Crippen molar-refractivity contribution in [1.29, 1.82) is 0 Å². The van der Waals surface area contributed by atoms with Crippen molar-refractivity contribution in [3.05, 3.63) is 69.6 Å². The number of rotatable bonds is 6. The van der Waals surface area contributed by atoms with Crippen LogP contribution in [0.2, 0.25) is 0 Å². The van der Waals surface area contributed by atoms with Gasteiger partial charge >= 0.3 is 12.1 Å². The molecule has 1 aromatic carbocycles. The number of carbonyl (C=O) groups is 2. The lowest BCUT2D eigenvalue weighted by Crippen LogP contribution is -2.35. The van der Waals surface area contributed by atoms with E-state index in [2.05, 4.69) is 10.1 Å². The van der Waals surface area contributed by atoms with Crippen LogP contribution in [0.1, 0.15) is 29.2 Å². The Balaban J connectivity index is 2.20. The summed E-state index contributed by atoms with van der Waals surface area (Å²) in [4.78, 5) is 35.8. The van der Waals surface area contributed by atoms with Crippen molar-refractivity contribution in [2.45, 2.75) is 32.1 Å². The van der Waals surface area contributed by atoms with Crippen molar-refractivity contribution in [1.82, 2.24) is 9.88 Å². The minimum atomic E-state index is -4.64. The van der Waals surface area contributed by atoms with Crippen LogP contribution in [-0.2, 0) is 27.0 Å². The number of hydrogen-bond acceptors (Lipinski definition) is 4. The fourth-order valence-electron chi connectivity index (χ4n) is 2.52. The van der Waals surface area contributed by atoms with Crippen molar-refractivity contribution in [3.8, 4) is 0 Å². The van der Waals surface area contributed by atoms with Gasteiger partial charge in [-0.05, 0) is 18.6 Å². The summed E-state index contributed by atoms with van der Waals surface area (Å²) in [6, 6.07) is 7.69. The number of aromatic nitrogens is 1. The molecule has 0 fully saturated rings. The predicted molar refractivity (Wildman–Crippen MR) is 94.4 cm³/mol. The van der Waals surface area contributed by atoms with E-state index < -0.39 is 41.8 Å². The molecule has 1 heterocycles. The maximum Gasteiger partial charge on any atom is 0.417 e. The molecular weight excluding hydrogens is 377 g/mol. The smallest absolute Gasteiger partial charge is 0.417 e. The highest BCUT2D eigenvalue weighted by Gasteiger charge is 2.31. The summed E-state index contributed by atoms with van der Waals surface area (Å²) in [6.45, 7) is 1.25. The summed E-state index contributed by atoms with van der Waals surface area (Å²) in [5, 5.41) is 2.57. The lowest BCUT2D eigenvalue weighted by Gasteiger charge is -2.19. The Kier molecular flexibility index (Phi) is 6.61. The molecule has 0 saturated heterocycles. The maximum atomic E-state index is 12.8. The SMILES string of the molecule is COC(=O)C[C@H](NC(=O)Cn1cc(C(F)(F)F)ccc1=O)c1ccc(C)cc1. The van der Waals surface area contributed by atoms with Gasteiger partial charge in [-0.2, -0.15) is 13.2 Å². The third kappa shape index (κ3) is 5.70. The summed E-state index contributed by atoms with van der Waals surface area (Å²) in [6.07, 6.45) is -4.22. The van der Waals surface area contributed by atoms with Crippen molar-refractivity contribution in [2.24, 2.45) is 0 Å². The quantitative estimate of drug-likeness (QED) is 0.762. The highest BCUT2D eigenvalue weighted by atomic mass is 19.4. The van der Waals surface area contributed by atoms with Gasteiger partial charge in [-0.25, -0.2) is 0 Å². The number of pyridine rings is 1. The van der Waals surface area contributed by atoms with Crippen LogP contribution in [0.5, 0.6) is 0 Å². The number of amides is 1. The molecule has 28 heavy (non-hydrogen) atoms. The number of nitrogens with one attached hydrogen (secondary N) is 1. The van der Waals surface area contributed by atoms with E-state index in [1.165, 1.54) is 7.11 Å². The predicted octanol–water partition coefficient (Wildman–Crippen LogP) is 2.60. The van der Waals surface area contributed by atoms with E-state index in [4.69, 9.17) is 0 Å². The van der Waals surface area contributed by atoms with Gasteiger partial charge in [0.05, 0.1) is 25.1 Å². The Labute approximate surface area is 158 Å². The lowest BCUT2D eigenvalue weighted by atomic mass is 10.0. The molecule has 6 nitrogen and oxygen atoms in total. The van der Waals surface area contributed by atoms with Gasteiger partial charge in [0.25, 0.3) is 5.56 Å². The summed E-state index contributed by atoms with van der Waals surface area (Å²) in [7, 11) is 1.21. The summed E-state index contributed by atoms with van der Waals surface area (Å²) in [5.74, 6) is -1.28. The van der Waals surface area contributed by atoms with Crippen LogP contribution in [0.15, 0.2) is 47.4 Å². The number of alkyl halides is 3. The number of hydrogen-bond donors (Lipinski definition) is 1. The number of aryl methyl sites for hydroxylation is 1. The molecule has 0 aliphatic rings. The van der Waals surface area contributed by atoms with Crippen molar-refractivity contribution in [2.75, 3.05) is 7.11 Å². The van der Waals surface area contributed by atoms with Gasteiger partial charge in [0.15, 0.2) is 0 Å². The van der Waals surface area contributed by atoms with Gasteiger partial charge in [-0.15, -0.1) is 0 Å². The van der Waals surface area contributed by atoms with E-state index in [1.807, 2.05) is 6.92 Å². The second kappa shape index (κ2) is 8.73. The fourth-order valence-corrected chi connectivity index (χ4v) is 2.52. The summed E-state index contributed by atoms with van der Waals surface area (Å²) in [5.41, 5.74) is -0.185. The first-order valence-electron chi connectivity index (χ1n) is 8.30. The molecule has 1 N–H and O–H groups in total. The number of halogens is 3. The Bertz CT molecular complexity index is 905. The highest BCUT2D eigenvalue weighted by molar-refractivity contribution is 5.78. The van der Waals surface area contributed by atoms with Gasteiger partial charge < -0.3 is 14.6 Å². The van der Waals surface area contributed by atoms with E-state index in [0.29, 0.717) is 22.4 Å². The highest BCUT2D eigenvalue weighted by Crippen LogP contribution is 2.28. The number of ether oxygens (including phenoxy) is 1. The van der Waals surface area contributed by atoms with Gasteiger partial charge in [-0.3, -0.25) is 14.4 Å². The molecule has 2 aromatic rings. The van der Waals surface area contributed by atoms with Crippen molar-refractivity contribution >= 4 is 11.9 Å². The number of methoxy groups -OCH3 is 1. The molecule has 1 aromatic heterocycles. The number of benzene rings is 1. The average Bonchev–Trinajstić information content (AvgIpc) is 2.62. The van der Waals surface area contributed by atoms with E-state index in [1.54, 1.807) is 24.3 Å². The Morgan fingerprint density at radius 2 is 1.79 bits per heavy atom.